The Hall–Kier alpha value is -2.67. The van der Waals surface area contributed by atoms with Gasteiger partial charge in [0.1, 0.15) is 5.69 Å². The Kier molecular flexibility index (Phi) is 5.75. The number of aromatic amines is 1. The van der Waals surface area contributed by atoms with Crippen molar-refractivity contribution in [3.05, 3.63) is 52.8 Å². The summed E-state index contributed by atoms with van der Waals surface area (Å²) in [4.78, 5) is 24.3. The fraction of sp³-hybridized carbons (Fsp3) is 0.450. The van der Waals surface area contributed by atoms with Gasteiger partial charge in [-0.2, -0.15) is 5.10 Å². The molecular weight excluding hydrogens is 344 g/mol. The van der Waals surface area contributed by atoms with Gasteiger partial charge in [0, 0.05) is 11.0 Å². The van der Waals surface area contributed by atoms with E-state index in [-0.39, 0.29) is 22.8 Å². The molecule has 146 valence electrons. The zero-order chi connectivity index (χ0) is 20.4. The molecule has 1 unspecified atom stereocenters. The summed E-state index contributed by atoms with van der Waals surface area (Å²) in [7, 11) is 0. The summed E-state index contributed by atoms with van der Waals surface area (Å²) in [5.41, 5.74) is 3.62. The summed E-state index contributed by atoms with van der Waals surface area (Å²) >= 11 is 0. The Morgan fingerprint density at radius 2 is 1.63 bits per heavy atom. The molecule has 2 aromatic rings. The zero-order valence-corrected chi connectivity index (χ0v) is 16.7. The van der Waals surface area contributed by atoms with Crippen molar-refractivity contribution < 1.29 is 14.8 Å². The molecule has 7 nitrogen and oxygen atoms in total. The normalized spacial score (nSPS) is 13.1. The van der Waals surface area contributed by atoms with Crippen molar-refractivity contribution in [3.63, 3.8) is 0 Å². The zero-order valence-electron chi connectivity index (χ0n) is 16.7. The maximum absolute atomic E-state index is 12.8. The summed E-state index contributed by atoms with van der Waals surface area (Å²) in [6.07, 6.45) is 0. The largest absolute Gasteiger partial charge is 0.343 e. The minimum absolute atomic E-state index is 0.151. The van der Waals surface area contributed by atoms with Crippen LogP contribution in [0.2, 0.25) is 0 Å². The highest BCUT2D eigenvalue weighted by molar-refractivity contribution is 5.94. The predicted octanol–water partition coefficient (Wildman–Crippen LogP) is 3.34. The van der Waals surface area contributed by atoms with Gasteiger partial charge in [0.05, 0.1) is 11.7 Å². The van der Waals surface area contributed by atoms with E-state index in [1.165, 1.54) is 0 Å². The molecule has 2 rings (SSSR count). The molecule has 0 spiro atoms. The molecule has 1 heterocycles. The van der Waals surface area contributed by atoms with Crippen LogP contribution in [0.25, 0.3) is 0 Å². The highest BCUT2D eigenvalue weighted by atomic mass is 16.5. The van der Waals surface area contributed by atoms with E-state index in [1.807, 2.05) is 41.5 Å². The van der Waals surface area contributed by atoms with Crippen molar-refractivity contribution >= 4 is 11.8 Å². The van der Waals surface area contributed by atoms with Crippen LogP contribution in [-0.2, 0) is 5.41 Å². The third-order valence-corrected chi connectivity index (χ3v) is 4.34. The molecule has 0 aliphatic rings. The Morgan fingerprint density at radius 3 is 2.07 bits per heavy atom. The third kappa shape index (κ3) is 4.95. The standard InChI is InChI=1S/C20H28N4O3/c1-19(2,3)15-11-14(22-23-15)18(26)21-16(20(4,5)6)12-7-9-13(10-8-12)17(25)24-27/h7-11,16,27H,1-6H3,(H,21,26)(H,22,23)(H,24,25). The second-order valence-electron chi connectivity index (χ2n) is 8.75. The van der Waals surface area contributed by atoms with Gasteiger partial charge in [-0.3, -0.25) is 19.9 Å². The first kappa shape index (κ1) is 20.6. The van der Waals surface area contributed by atoms with Gasteiger partial charge < -0.3 is 5.32 Å². The molecule has 0 fully saturated rings. The minimum Gasteiger partial charge on any atom is -0.343 e. The number of nitrogens with one attached hydrogen (secondary N) is 3. The van der Waals surface area contributed by atoms with Crippen molar-refractivity contribution in [2.45, 2.75) is 53.0 Å². The fourth-order valence-electron chi connectivity index (χ4n) is 2.72. The Balaban J connectivity index is 2.26. The number of nitrogens with zero attached hydrogens (tertiary/aromatic N) is 1. The summed E-state index contributed by atoms with van der Waals surface area (Å²) in [5, 5.41) is 18.8. The van der Waals surface area contributed by atoms with Gasteiger partial charge in [-0.25, -0.2) is 5.48 Å². The van der Waals surface area contributed by atoms with Crippen molar-refractivity contribution in [3.8, 4) is 0 Å². The maximum atomic E-state index is 12.8. The second kappa shape index (κ2) is 7.52. The van der Waals surface area contributed by atoms with Crippen LogP contribution in [0.5, 0.6) is 0 Å². The summed E-state index contributed by atoms with van der Waals surface area (Å²) < 4.78 is 0. The lowest BCUT2D eigenvalue weighted by Crippen LogP contribution is -2.36. The van der Waals surface area contributed by atoms with E-state index >= 15 is 0 Å². The van der Waals surface area contributed by atoms with Gasteiger partial charge in [0.25, 0.3) is 11.8 Å². The lowest BCUT2D eigenvalue weighted by molar-refractivity contribution is 0.0706. The summed E-state index contributed by atoms with van der Waals surface area (Å²) in [5.74, 6) is -0.819. The molecule has 0 bridgehead atoms. The van der Waals surface area contributed by atoms with Crippen LogP contribution < -0.4 is 10.8 Å². The van der Waals surface area contributed by atoms with Crippen LogP contribution in [-0.4, -0.2) is 27.2 Å². The molecule has 7 heteroatoms. The first-order valence-electron chi connectivity index (χ1n) is 8.84. The van der Waals surface area contributed by atoms with Crippen LogP contribution in [0, 0.1) is 5.41 Å². The molecule has 1 aromatic carbocycles. The number of aromatic nitrogens is 2. The molecular formula is C20H28N4O3. The van der Waals surface area contributed by atoms with Gasteiger partial charge >= 0.3 is 0 Å². The molecule has 0 saturated carbocycles. The van der Waals surface area contributed by atoms with Gasteiger partial charge in [0.15, 0.2) is 0 Å². The van der Waals surface area contributed by atoms with Gasteiger partial charge in [-0.15, -0.1) is 0 Å². The molecule has 0 aliphatic carbocycles. The molecule has 0 aliphatic heterocycles. The topological polar surface area (TPSA) is 107 Å². The molecule has 0 radical (unpaired) electrons. The van der Waals surface area contributed by atoms with Crippen molar-refractivity contribution in [1.29, 1.82) is 0 Å². The first-order chi connectivity index (χ1) is 12.4. The summed E-state index contributed by atoms with van der Waals surface area (Å²) in [6, 6.07) is 8.25. The van der Waals surface area contributed by atoms with E-state index in [2.05, 4.69) is 15.5 Å². The number of rotatable bonds is 4. The highest BCUT2D eigenvalue weighted by Crippen LogP contribution is 2.33. The molecule has 1 aromatic heterocycles. The number of H-pyrrole nitrogens is 1. The maximum Gasteiger partial charge on any atom is 0.274 e. The van der Waals surface area contributed by atoms with E-state index in [9.17, 15) is 9.59 Å². The van der Waals surface area contributed by atoms with E-state index < -0.39 is 5.91 Å². The number of hydroxylamine groups is 1. The molecule has 0 saturated heterocycles. The van der Waals surface area contributed by atoms with Crippen molar-refractivity contribution in [1.82, 2.24) is 21.0 Å². The van der Waals surface area contributed by atoms with Gasteiger partial charge in [-0.1, -0.05) is 53.7 Å². The monoisotopic (exact) mass is 372 g/mol. The highest BCUT2D eigenvalue weighted by Gasteiger charge is 2.29. The van der Waals surface area contributed by atoms with E-state index in [1.54, 1.807) is 35.8 Å². The van der Waals surface area contributed by atoms with Crippen LogP contribution in [0.1, 0.15) is 79.7 Å². The average Bonchev–Trinajstić information content (AvgIpc) is 3.08. The first-order valence-corrected chi connectivity index (χ1v) is 8.84. The Morgan fingerprint density at radius 1 is 1.04 bits per heavy atom. The molecule has 1 atom stereocenters. The number of benzene rings is 1. The van der Waals surface area contributed by atoms with Crippen LogP contribution >= 0.6 is 0 Å². The van der Waals surface area contributed by atoms with Crippen LogP contribution in [0.4, 0.5) is 0 Å². The quantitative estimate of drug-likeness (QED) is 0.488. The predicted molar refractivity (Wildman–Crippen MR) is 103 cm³/mol. The molecule has 2 amide bonds. The number of hydrogen-bond donors (Lipinski definition) is 4. The second-order valence-corrected chi connectivity index (χ2v) is 8.75. The third-order valence-electron chi connectivity index (χ3n) is 4.34. The Labute approximate surface area is 159 Å². The Bertz CT molecular complexity index is 811. The van der Waals surface area contributed by atoms with Gasteiger partial charge in [-0.05, 0) is 29.2 Å². The van der Waals surface area contributed by atoms with E-state index in [0.29, 0.717) is 11.3 Å². The number of carbonyl (C=O) groups excluding carboxylic acids is 2. The molecule has 4 N–H and O–H groups in total. The van der Waals surface area contributed by atoms with E-state index in [4.69, 9.17) is 5.21 Å². The fourth-order valence-corrected chi connectivity index (χ4v) is 2.72. The number of carbonyl (C=O) groups is 2. The average molecular weight is 372 g/mol. The summed E-state index contributed by atoms with van der Waals surface area (Å²) in [6.45, 7) is 12.2. The van der Waals surface area contributed by atoms with Crippen LogP contribution in [0.15, 0.2) is 30.3 Å². The lowest BCUT2D eigenvalue weighted by atomic mass is 9.82. The van der Waals surface area contributed by atoms with Gasteiger partial charge in [0.2, 0.25) is 0 Å². The SMILES string of the molecule is CC(C)(C)c1cc(C(=O)NC(c2ccc(C(=O)NO)cc2)C(C)(C)C)[nH]n1. The van der Waals surface area contributed by atoms with Crippen molar-refractivity contribution in [2.75, 3.05) is 0 Å². The number of hydrogen-bond acceptors (Lipinski definition) is 4. The molecule has 27 heavy (non-hydrogen) atoms. The lowest BCUT2D eigenvalue weighted by Gasteiger charge is -2.32. The van der Waals surface area contributed by atoms with Crippen LogP contribution in [0.3, 0.4) is 0 Å². The number of amides is 2. The van der Waals surface area contributed by atoms with E-state index in [0.717, 1.165) is 11.3 Å². The smallest absolute Gasteiger partial charge is 0.274 e. The van der Waals surface area contributed by atoms with Crippen molar-refractivity contribution in [2.24, 2.45) is 5.41 Å². The minimum atomic E-state index is -0.579.